The Kier molecular flexibility index (Phi) is 3.65. The Morgan fingerprint density at radius 3 is 2.89 bits per heavy atom. The molecule has 1 N–H and O–H groups in total. The SMILES string of the molecule is CN1CC(=O)N(Cc2cc(C#CCO)cs2)C1=O. The molecule has 0 unspecified atom stereocenters. The molecule has 1 fully saturated rings. The third-order valence-electron chi connectivity index (χ3n) is 2.51. The van der Waals surface area contributed by atoms with Crippen LogP contribution < -0.4 is 0 Å². The van der Waals surface area contributed by atoms with Gasteiger partial charge < -0.3 is 10.0 Å². The molecule has 94 valence electrons. The van der Waals surface area contributed by atoms with Crippen LogP contribution >= 0.6 is 11.3 Å². The fourth-order valence-electron chi connectivity index (χ4n) is 1.65. The summed E-state index contributed by atoms with van der Waals surface area (Å²) in [5, 5.41) is 10.4. The number of hydrogen-bond donors (Lipinski definition) is 1. The van der Waals surface area contributed by atoms with Crippen molar-refractivity contribution in [1.82, 2.24) is 9.80 Å². The Morgan fingerprint density at radius 2 is 2.28 bits per heavy atom. The maximum Gasteiger partial charge on any atom is 0.327 e. The van der Waals surface area contributed by atoms with E-state index in [9.17, 15) is 9.59 Å². The molecule has 0 aliphatic carbocycles. The van der Waals surface area contributed by atoms with Crippen LogP contribution in [0.15, 0.2) is 11.4 Å². The van der Waals surface area contributed by atoms with Gasteiger partial charge in [-0.3, -0.25) is 9.69 Å². The third kappa shape index (κ3) is 2.53. The summed E-state index contributed by atoms with van der Waals surface area (Å²) in [4.78, 5) is 26.8. The zero-order valence-corrected chi connectivity index (χ0v) is 10.7. The molecule has 1 aliphatic rings. The number of thiophene rings is 1. The van der Waals surface area contributed by atoms with Gasteiger partial charge in [-0.1, -0.05) is 11.8 Å². The molecule has 1 aromatic rings. The van der Waals surface area contributed by atoms with E-state index in [1.165, 1.54) is 21.1 Å². The van der Waals surface area contributed by atoms with Crippen molar-refractivity contribution >= 4 is 23.3 Å². The topological polar surface area (TPSA) is 60.9 Å². The second kappa shape index (κ2) is 5.21. The monoisotopic (exact) mass is 264 g/mol. The first-order chi connectivity index (χ1) is 8.61. The van der Waals surface area contributed by atoms with Crippen LogP contribution in [0.4, 0.5) is 4.79 Å². The number of aliphatic hydroxyl groups is 1. The van der Waals surface area contributed by atoms with Crippen LogP contribution in [0, 0.1) is 11.8 Å². The van der Waals surface area contributed by atoms with E-state index >= 15 is 0 Å². The summed E-state index contributed by atoms with van der Waals surface area (Å²) in [5.41, 5.74) is 0.788. The first kappa shape index (κ1) is 12.6. The number of urea groups is 1. The standard InChI is InChI=1S/C12H12N2O3S/c1-13-7-11(16)14(12(13)17)6-10-5-9(8-18-10)3-2-4-15/h5,8,15H,4,6-7H2,1H3. The van der Waals surface area contributed by atoms with E-state index in [1.807, 2.05) is 11.4 Å². The zero-order valence-electron chi connectivity index (χ0n) is 9.84. The minimum absolute atomic E-state index is 0.140. The van der Waals surface area contributed by atoms with E-state index < -0.39 is 0 Å². The molecule has 0 saturated carbocycles. The van der Waals surface area contributed by atoms with Gasteiger partial charge in [-0.05, 0) is 6.07 Å². The van der Waals surface area contributed by atoms with Crippen molar-refractivity contribution in [2.24, 2.45) is 0 Å². The predicted octanol–water partition coefficient (Wildman–Crippen LogP) is 0.486. The van der Waals surface area contributed by atoms with Gasteiger partial charge in [-0.15, -0.1) is 11.3 Å². The van der Waals surface area contributed by atoms with Crippen LogP contribution in [-0.4, -0.2) is 47.0 Å². The van der Waals surface area contributed by atoms with Crippen LogP contribution in [-0.2, 0) is 11.3 Å². The highest BCUT2D eigenvalue weighted by atomic mass is 32.1. The van der Waals surface area contributed by atoms with Crippen LogP contribution in [0.25, 0.3) is 0 Å². The van der Waals surface area contributed by atoms with Gasteiger partial charge in [0.2, 0.25) is 0 Å². The zero-order chi connectivity index (χ0) is 13.1. The molecule has 6 heteroatoms. The number of imide groups is 1. The number of nitrogens with zero attached hydrogens (tertiary/aromatic N) is 2. The number of hydrogen-bond acceptors (Lipinski definition) is 4. The maximum atomic E-state index is 11.7. The second-order valence-corrected chi connectivity index (χ2v) is 4.88. The molecule has 0 bridgehead atoms. The molecule has 0 radical (unpaired) electrons. The Bertz CT molecular complexity index is 541. The predicted molar refractivity (Wildman–Crippen MR) is 66.9 cm³/mol. The van der Waals surface area contributed by atoms with Crippen LogP contribution in [0.2, 0.25) is 0 Å². The Labute approximate surface area is 109 Å². The first-order valence-corrected chi connectivity index (χ1v) is 6.22. The quantitative estimate of drug-likeness (QED) is 0.624. The summed E-state index contributed by atoms with van der Waals surface area (Å²) < 4.78 is 0. The minimum atomic E-state index is -0.267. The molecule has 2 heterocycles. The van der Waals surface area contributed by atoms with Crippen LogP contribution in [0.3, 0.4) is 0 Å². The first-order valence-electron chi connectivity index (χ1n) is 5.34. The van der Waals surface area contributed by atoms with E-state index in [2.05, 4.69) is 11.8 Å². The Morgan fingerprint density at radius 1 is 1.50 bits per heavy atom. The van der Waals surface area contributed by atoms with Gasteiger partial charge in [0.05, 0.1) is 6.54 Å². The number of aliphatic hydroxyl groups excluding tert-OH is 1. The van der Waals surface area contributed by atoms with Crippen molar-refractivity contribution in [3.8, 4) is 11.8 Å². The average Bonchev–Trinajstić information content (AvgIpc) is 2.88. The Hall–Kier alpha value is -1.84. The van der Waals surface area contributed by atoms with Crippen LogP contribution in [0.1, 0.15) is 10.4 Å². The molecule has 0 aromatic carbocycles. The maximum absolute atomic E-state index is 11.7. The van der Waals surface area contributed by atoms with Gasteiger partial charge in [0, 0.05) is 22.9 Å². The average molecular weight is 264 g/mol. The van der Waals surface area contributed by atoms with Gasteiger partial charge in [0.1, 0.15) is 13.2 Å². The molecule has 5 nitrogen and oxygen atoms in total. The summed E-state index contributed by atoms with van der Waals surface area (Å²) in [5.74, 6) is 5.15. The Balaban J connectivity index is 2.08. The number of rotatable bonds is 2. The largest absolute Gasteiger partial charge is 0.384 e. The molecular formula is C12H12N2O3S. The van der Waals surface area contributed by atoms with Gasteiger partial charge >= 0.3 is 6.03 Å². The lowest BCUT2D eigenvalue weighted by molar-refractivity contribution is -0.125. The van der Waals surface area contributed by atoms with Gasteiger partial charge in [-0.25, -0.2) is 4.79 Å². The lowest BCUT2D eigenvalue weighted by Crippen LogP contribution is -2.30. The number of amides is 3. The van der Waals surface area contributed by atoms with Gasteiger partial charge in [0.25, 0.3) is 5.91 Å². The molecule has 18 heavy (non-hydrogen) atoms. The molecular weight excluding hydrogens is 252 g/mol. The summed E-state index contributed by atoms with van der Waals surface area (Å²) in [6.07, 6.45) is 0. The molecule has 1 saturated heterocycles. The molecule has 0 atom stereocenters. The van der Waals surface area contributed by atoms with E-state index in [4.69, 9.17) is 5.11 Å². The highest BCUT2D eigenvalue weighted by Crippen LogP contribution is 2.19. The fraction of sp³-hybridized carbons (Fsp3) is 0.333. The molecule has 2 rings (SSSR count). The second-order valence-electron chi connectivity index (χ2n) is 3.88. The van der Waals surface area contributed by atoms with Crippen molar-refractivity contribution in [3.05, 3.63) is 21.9 Å². The summed E-state index contributed by atoms with van der Waals surface area (Å²) in [6, 6.07) is 1.56. The van der Waals surface area contributed by atoms with Crippen molar-refractivity contribution < 1.29 is 14.7 Å². The van der Waals surface area contributed by atoms with E-state index in [-0.39, 0.29) is 31.6 Å². The number of likely N-dealkylation sites (N-methyl/N-ethyl adjacent to an activating group) is 1. The van der Waals surface area contributed by atoms with Crippen molar-refractivity contribution in [3.63, 3.8) is 0 Å². The van der Waals surface area contributed by atoms with Crippen LogP contribution in [0.5, 0.6) is 0 Å². The van der Waals surface area contributed by atoms with Crippen molar-refractivity contribution in [2.75, 3.05) is 20.2 Å². The third-order valence-corrected chi connectivity index (χ3v) is 3.43. The number of carbonyl (C=O) groups is 2. The summed E-state index contributed by atoms with van der Waals surface area (Å²) >= 11 is 1.44. The lowest BCUT2D eigenvalue weighted by atomic mass is 10.3. The number of carbonyl (C=O) groups excluding carboxylic acids is 2. The smallest absolute Gasteiger partial charge is 0.327 e. The summed E-state index contributed by atoms with van der Waals surface area (Å²) in [6.45, 7) is 0.244. The van der Waals surface area contributed by atoms with Gasteiger partial charge in [-0.2, -0.15) is 0 Å². The van der Waals surface area contributed by atoms with Crippen molar-refractivity contribution in [1.29, 1.82) is 0 Å². The molecule has 3 amide bonds. The van der Waals surface area contributed by atoms with Gasteiger partial charge in [0.15, 0.2) is 0 Å². The fourth-order valence-corrected chi connectivity index (χ4v) is 2.45. The lowest BCUT2D eigenvalue weighted by Gasteiger charge is -2.12. The van der Waals surface area contributed by atoms with E-state index in [1.54, 1.807) is 7.05 Å². The minimum Gasteiger partial charge on any atom is -0.384 e. The molecule has 1 aromatic heterocycles. The molecule has 0 spiro atoms. The normalized spacial score (nSPS) is 15.0. The highest BCUT2D eigenvalue weighted by Gasteiger charge is 2.33. The molecule has 1 aliphatic heterocycles. The summed E-state index contributed by atoms with van der Waals surface area (Å²) in [7, 11) is 1.60. The highest BCUT2D eigenvalue weighted by molar-refractivity contribution is 7.10. The van der Waals surface area contributed by atoms with E-state index in [0.29, 0.717) is 0 Å². The van der Waals surface area contributed by atoms with E-state index in [0.717, 1.165) is 10.4 Å². The van der Waals surface area contributed by atoms with Crippen molar-refractivity contribution in [2.45, 2.75) is 6.54 Å².